The van der Waals surface area contributed by atoms with Gasteiger partial charge in [0.1, 0.15) is 17.3 Å². The number of rotatable bonds is 1. The summed E-state index contributed by atoms with van der Waals surface area (Å²) in [6.07, 6.45) is 3.42. The SMILES string of the molecule is C=C1CC2CCC(C1)N2C(=O)Nc1c(F)cccc1F. The molecule has 2 amide bonds. The lowest BCUT2D eigenvalue weighted by Gasteiger charge is -2.35. The van der Waals surface area contributed by atoms with Gasteiger partial charge in [0.25, 0.3) is 0 Å². The fourth-order valence-electron chi connectivity index (χ4n) is 3.23. The van der Waals surface area contributed by atoms with Crippen molar-refractivity contribution in [2.24, 2.45) is 0 Å². The number of carbonyl (C=O) groups excluding carboxylic acids is 1. The molecule has 1 aromatic rings. The van der Waals surface area contributed by atoms with Crippen LogP contribution in [0, 0.1) is 11.6 Å². The summed E-state index contributed by atoms with van der Waals surface area (Å²) in [5.74, 6) is -1.51. The average molecular weight is 278 g/mol. The Bertz CT molecular complexity index is 537. The Balaban J connectivity index is 1.79. The number of halogens is 2. The molecular formula is C15H16F2N2O. The van der Waals surface area contributed by atoms with Crippen LogP contribution in [0.2, 0.25) is 0 Å². The number of hydrogen-bond donors (Lipinski definition) is 1. The van der Waals surface area contributed by atoms with Crippen LogP contribution in [0.4, 0.5) is 19.3 Å². The summed E-state index contributed by atoms with van der Waals surface area (Å²) >= 11 is 0. The lowest BCUT2D eigenvalue weighted by Crippen LogP contribution is -2.46. The van der Waals surface area contributed by atoms with Gasteiger partial charge >= 0.3 is 6.03 Å². The normalized spacial score (nSPS) is 24.9. The van der Waals surface area contributed by atoms with Gasteiger partial charge in [0, 0.05) is 12.1 Å². The highest BCUT2D eigenvalue weighted by atomic mass is 19.1. The fraction of sp³-hybridized carbons (Fsp3) is 0.400. The largest absolute Gasteiger partial charge is 0.322 e. The van der Waals surface area contributed by atoms with Crippen LogP contribution in [0.3, 0.4) is 0 Å². The van der Waals surface area contributed by atoms with Gasteiger partial charge in [-0.05, 0) is 37.8 Å². The Kier molecular flexibility index (Phi) is 3.20. The zero-order valence-corrected chi connectivity index (χ0v) is 11.0. The third-order valence-corrected chi connectivity index (χ3v) is 4.10. The van der Waals surface area contributed by atoms with E-state index >= 15 is 0 Å². The number of anilines is 1. The first-order valence-corrected chi connectivity index (χ1v) is 6.76. The molecule has 2 heterocycles. The first kappa shape index (κ1) is 13.1. The minimum absolute atomic E-state index is 0.107. The maximum atomic E-state index is 13.6. The standard InChI is InChI=1S/C15H16F2N2O/c1-9-7-10-5-6-11(8-9)19(10)15(20)18-14-12(16)3-2-4-13(14)17/h2-4,10-11H,1,5-8H2,(H,18,20). The first-order chi connectivity index (χ1) is 9.56. The molecule has 5 heteroatoms. The molecule has 2 saturated heterocycles. The zero-order chi connectivity index (χ0) is 14.3. The summed E-state index contributed by atoms with van der Waals surface area (Å²) in [5, 5.41) is 2.37. The van der Waals surface area contributed by atoms with E-state index in [-0.39, 0.29) is 17.8 Å². The van der Waals surface area contributed by atoms with Crippen LogP contribution in [0.15, 0.2) is 30.4 Å². The maximum absolute atomic E-state index is 13.6. The lowest BCUT2D eigenvalue weighted by molar-refractivity contribution is 0.174. The van der Waals surface area contributed by atoms with Crippen molar-refractivity contribution in [3.8, 4) is 0 Å². The van der Waals surface area contributed by atoms with Gasteiger partial charge in [-0.3, -0.25) is 0 Å². The predicted octanol–water partition coefficient (Wildman–Crippen LogP) is 3.68. The van der Waals surface area contributed by atoms with Gasteiger partial charge in [-0.1, -0.05) is 18.2 Å². The van der Waals surface area contributed by atoms with Crippen LogP contribution in [-0.4, -0.2) is 23.0 Å². The molecule has 2 bridgehead atoms. The van der Waals surface area contributed by atoms with E-state index in [1.807, 2.05) is 0 Å². The Morgan fingerprint density at radius 2 is 1.75 bits per heavy atom. The molecule has 1 aromatic carbocycles. The molecule has 2 atom stereocenters. The Hall–Kier alpha value is -1.91. The van der Waals surface area contributed by atoms with Gasteiger partial charge < -0.3 is 10.2 Å². The van der Waals surface area contributed by atoms with E-state index in [0.29, 0.717) is 0 Å². The minimum Gasteiger partial charge on any atom is -0.318 e. The molecule has 106 valence electrons. The van der Waals surface area contributed by atoms with Crippen molar-refractivity contribution in [1.29, 1.82) is 0 Å². The van der Waals surface area contributed by atoms with Gasteiger partial charge in [-0.2, -0.15) is 0 Å². The molecule has 3 rings (SSSR count). The van der Waals surface area contributed by atoms with Crippen LogP contribution >= 0.6 is 0 Å². The number of nitrogens with one attached hydrogen (secondary N) is 1. The van der Waals surface area contributed by atoms with E-state index in [1.165, 1.54) is 6.07 Å². The van der Waals surface area contributed by atoms with E-state index < -0.39 is 17.7 Å². The highest BCUT2D eigenvalue weighted by molar-refractivity contribution is 5.90. The summed E-state index contributed by atoms with van der Waals surface area (Å²) in [6.45, 7) is 3.98. The second kappa shape index (κ2) is 4.89. The molecule has 2 unspecified atom stereocenters. The summed E-state index contributed by atoms with van der Waals surface area (Å²) < 4.78 is 27.1. The number of amides is 2. The van der Waals surface area contributed by atoms with E-state index in [0.717, 1.165) is 43.4 Å². The molecule has 2 fully saturated rings. The van der Waals surface area contributed by atoms with Crippen molar-refractivity contribution >= 4 is 11.7 Å². The highest BCUT2D eigenvalue weighted by Crippen LogP contribution is 2.38. The number of urea groups is 1. The van der Waals surface area contributed by atoms with Crippen LogP contribution in [0.5, 0.6) is 0 Å². The smallest absolute Gasteiger partial charge is 0.318 e. The van der Waals surface area contributed by atoms with Crippen molar-refractivity contribution in [2.45, 2.75) is 37.8 Å². The van der Waals surface area contributed by atoms with Crippen LogP contribution in [-0.2, 0) is 0 Å². The molecule has 0 aliphatic carbocycles. The number of hydrogen-bond acceptors (Lipinski definition) is 1. The van der Waals surface area contributed by atoms with Crippen molar-refractivity contribution in [1.82, 2.24) is 4.90 Å². The van der Waals surface area contributed by atoms with Crippen LogP contribution in [0.25, 0.3) is 0 Å². The van der Waals surface area contributed by atoms with E-state index in [1.54, 1.807) is 4.90 Å². The molecule has 0 radical (unpaired) electrons. The molecule has 3 nitrogen and oxygen atoms in total. The van der Waals surface area contributed by atoms with Gasteiger partial charge in [0.2, 0.25) is 0 Å². The molecule has 0 spiro atoms. The van der Waals surface area contributed by atoms with Crippen molar-refractivity contribution in [3.05, 3.63) is 42.0 Å². The number of fused-ring (bicyclic) bond motifs is 2. The lowest BCUT2D eigenvalue weighted by atomic mass is 9.99. The highest BCUT2D eigenvalue weighted by Gasteiger charge is 2.41. The van der Waals surface area contributed by atoms with E-state index in [9.17, 15) is 13.6 Å². The number of nitrogens with zero attached hydrogens (tertiary/aromatic N) is 1. The van der Waals surface area contributed by atoms with Crippen molar-refractivity contribution < 1.29 is 13.6 Å². The van der Waals surface area contributed by atoms with E-state index in [4.69, 9.17) is 0 Å². The Morgan fingerprint density at radius 3 is 2.30 bits per heavy atom. The number of benzene rings is 1. The summed E-state index contributed by atoms with van der Waals surface area (Å²) in [6, 6.07) is 3.33. The van der Waals surface area contributed by atoms with Gasteiger partial charge in [-0.15, -0.1) is 0 Å². The van der Waals surface area contributed by atoms with Gasteiger partial charge in [0.05, 0.1) is 0 Å². The molecule has 0 saturated carbocycles. The van der Waals surface area contributed by atoms with Gasteiger partial charge in [-0.25, -0.2) is 13.6 Å². The molecule has 1 N–H and O–H groups in total. The fourth-order valence-corrected chi connectivity index (χ4v) is 3.23. The quantitative estimate of drug-likeness (QED) is 0.781. The van der Waals surface area contributed by atoms with Crippen LogP contribution in [0.1, 0.15) is 25.7 Å². The minimum atomic E-state index is -0.757. The van der Waals surface area contributed by atoms with E-state index in [2.05, 4.69) is 11.9 Å². The molecule has 2 aliphatic rings. The molecule has 2 aliphatic heterocycles. The summed E-state index contributed by atoms with van der Waals surface area (Å²) in [5.41, 5.74) is 0.778. The number of piperidine rings is 1. The predicted molar refractivity (Wildman–Crippen MR) is 72.4 cm³/mol. The number of carbonyl (C=O) groups is 1. The second-order valence-electron chi connectivity index (χ2n) is 5.48. The summed E-state index contributed by atoms with van der Waals surface area (Å²) in [7, 11) is 0. The second-order valence-corrected chi connectivity index (χ2v) is 5.48. The Morgan fingerprint density at radius 1 is 1.20 bits per heavy atom. The summed E-state index contributed by atoms with van der Waals surface area (Å²) in [4.78, 5) is 14.0. The zero-order valence-electron chi connectivity index (χ0n) is 11.0. The number of para-hydroxylation sites is 1. The topological polar surface area (TPSA) is 32.3 Å². The average Bonchev–Trinajstić information content (AvgIpc) is 2.66. The third-order valence-electron chi connectivity index (χ3n) is 4.10. The maximum Gasteiger partial charge on any atom is 0.322 e. The third kappa shape index (κ3) is 2.17. The van der Waals surface area contributed by atoms with Crippen LogP contribution < -0.4 is 5.32 Å². The molecule has 20 heavy (non-hydrogen) atoms. The van der Waals surface area contributed by atoms with Crippen molar-refractivity contribution in [3.63, 3.8) is 0 Å². The monoisotopic (exact) mass is 278 g/mol. The van der Waals surface area contributed by atoms with Crippen molar-refractivity contribution in [2.75, 3.05) is 5.32 Å². The first-order valence-electron chi connectivity index (χ1n) is 6.76. The van der Waals surface area contributed by atoms with Gasteiger partial charge in [0.15, 0.2) is 0 Å². The Labute approximate surface area is 116 Å². The molecular weight excluding hydrogens is 262 g/mol. The molecule has 0 aromatic heterocycles.